The second-order valence-corrected chi connectivity index (χ2v) is 6.92. The van der Waals surface area contributed by atoms with Crippen LogP contribution in [0.3, 0.4) is 0 Å². The fourth-order valence-corrected chi connectivity index (χ4v) is 5.29. The molecule has 24 heavy (non-hydrogen) atoms. The van der Waals surface area contributed by atoms with E-state index < -0.39 is 54.5 Å². The largest absolute Gasteiger partial charge is 0.406 e. The van der Waals surface area contributed by atoms with Crippen LogP contribution in [0.2, 0.25) is 0 Å². The molecule has 0 radical (unpaired) electrons. The van der Waals surface area contributed by atoms with Crippen molar-refractivity contribution in [3.05, 3.63) is 12.2 Å². The van der Waals surface area contributed by atoms with Gasteiger partial charge in [-0.3, -0.25) is 0 Å². The molecular formula is C15H18F6O3. The maximum atomic E-state index is 13.8. The van der Waals surface area contributed by atoms with E-state index in [0.717, 1.165) is 0 Å². The molecular weight excluding hydrogens is 342 g/mol. The summed E-state index contributed by atoms with van der Waals surface area (Å²) in [6, 6.07) is 0. The van der Waals surface area contributed by atoms with Crippen LogP contribution in [0.25, 0.3) is 0 Å². The summed E-state index contributed by atoms with van der Waals surface area (Å²) >= 11 is 0. The number of rotatable bonds is 4. The van der Waals surface area contributed by atoms with Gasteiger partial charge >= 0.3 is 12.4 Å². The monoisotopic (exact) mass is 360 g/mol. The second-order valence-electron chi connectivity index (χ2n) is 6.92. The molecule has 0 aromatic carbocycles. The summed E-state index contributed by atoms with van der Waals surface area (Å²) in [5, 5.41) is 19.0. The van der Waals surface area contributed by atoms with Crippen molar-refractivity contribution in [3.63, 3.8) is 0 Å². The number of hydrogen-bond acceptors (Lipinski definition) is 3. The lowest BCUT2D eigenvalue weighted by atomic mass is 9.48. The van der Waals surface area contributed by atoms with Crippen LogP contribution in [0.15, 0.2) is 12.2 Å². The first-order valence-corrected chi connectivity index (χ1v) is 7.70. The van der Waals surface area contributed by atoms with Crippen LogP contribution < -0.4 is 0 Å². The van der Waals surface area contributed by atoms with Crippen molar-refractivity contribution in [1.29, 1.82) is 0 Å². The number of halogens is 6. The van der Waals surface area contributed by atoms with E-state index in [1.807, 2.05) is 0 Å². The molecule has 2 bridgehead atoms. The number of aliphatic hydroxyl groups excluding tert-OH is 2. The summed E-state index contributed by atoms with van der Waals surface area (Å²) in [4.78, 5) is 0. The third-order valence-corrected chi connectivity index (χ3v) is 6.19. The summed E-state index contributed by atoms with van der Waals surface area (Å²) in [6.07, 6.45) is -11.5. The van der Waals surface area contributed by atoms with Gasteiger partial charge in [0.15, 0.2) is 5.41 Å². The van der Waals surface area contributed by atoms with Gasteiger partial charge in [-0.15, -0.1) is 0 Å². The Balaban J connectivity index is 2.10. The fourth-order valence-electron chi connectivity index (χ4n) is 5.29. The summed E-state index contributed by atoms with van der Waals surface area (Å²) < 4.78 is 87.1. The van der Waals surface area contributed by atoms with Crippen LogP contribution in [-0.4, -0.2) is 41.6 Å². The quantitative estimate of drug-likeness (QED) is 0.461. The molecule has 2 fully saturated rings. The Labute approximate surface area is 134 Å². The van der Waals surface area contributed by atoms with Gasteiger partial charge in [0.25, 0.3) is 0 Å². The van der Waals surface area contributed by atoms with Gasteiger partial charge in [0.2, 0.25) is 0 Å². The van der Waals surface area contributed by atoms with E-state index in [4.69, 9.17) is 5.11 Å². The third kappa shape index (κ3) is 2.03. The molecule has 9 heteroatoms. The molecule has 138 valence electrons. The Hall–Kier alpha value is -0.800. The lowest BCUT2D eigenvalue weighted by Crippen LogP contribution is -2.72. The summed E-state index contributed by atoms with van der Waals surface area (Å²) in [5.74, 6) is -4.05. The predicted molar refractivity (Wildman–Crippen MR) is 69.4 cm³/mol. The van der Waals surface area contributed by atoms with Crippen LogP contribution in [0.5, 0.6) is 0 Å². The average molecular weight is 360 g/mol. The van der Waals surface area contributed by atoms with Crippen molar-refractivity contribution < 1.29 is 41.3 Å². The molecule has 3 nitrogen and oxygen atoms in total. The third-order valence-electron chi connectivity index (χ3n) is 6.19. The average Bonchev–Trinajstić information content (AvgIpc) is 2.99. The lowest BCUT2D eigenvalue weighted by Gasteiger charge is -2.59. The van der Waals surface area contributed by atoms with E-state index in [1.54, 1.807) is 12.2 Å². The number of aliphatic hydroxyl groups is 2. The molecule has 0 aromatic heterocycles. The van der Waals surface area contributed by atoms with E-state index >= 15 is 0 Å². The molecule has 2 saturated carbocycles. The van der Waals surface area contributed by atoms with E-state index in [2.05, 4.69) is 4.74 Å². The fraction of sp³-hybridized carbons (Fsp3) is 0.867. The maximum absolute atomic E-state index is 13.8. The van der Waals surface area contributed by atoms with Crippen LogP contribution in [0, 0.1) is 35.0 Å². The van der Waals surface area contributed by atoms with Crippen LogP contribution >= 0.6 is 0 Å². The zero-order valence-electron chi connectivity index (χ0n) is 12.7. The molecule has 7 atom stereocenters. The Kier molecular flexibility index (Phi) is 4.01. The molecule has 0 spiro atoms. The van der Waals surface area contributed by atoms with E-state index in [0.29, 0.717) is 13.3 Å². The number of fused-ring (bicyclic) bond motifs is 5. The molecule has 0 saturated heterocycles. The lowest BCUT2D eigenvalue weighted by molar-refractivity contribution is -0.416. The van der Waals surface area contributed by atoms with E-state index in [-0.39, 0.29) is 11.8 Å². The maximum Gasteiger partial charge on any atom is 0.406 e. The summed E-state index contributed by atoms with van der Waals surface area (Å²) in [7, 11) is 0. The standard InChI is InChI=1S/C15H18F6O3/c1-6(24-5-22)13(14(16,17)18,15(19,20)21)11-9-7-2-3-8(4-7)10(9)12(11)23/h2-3,6-12,22-23H,4-5H2,1H3. The second kappa shape index (κ2) is 5.35. The predicted octanol–water partition coefficient (Wildman–Crippen LogP) is 2.88. The first-order valence-electron chi connectivity index (χ1n) is 7.70. The highest BCUT2D eigenvalue weighted by Gasteiger charge is 2.83. The van der Waals surface area contributed by atoms with Crippen molar-refractivity contribution in [2.75, 3.05) is 6.79 Å². The van der Waals surface area contributed by atoms with Gasteiger partial charge < -0.3 is 14.9 Å². The van der Waals surface area contributed by atoms with Gasteiger partial charge in [-0.2, -0.15) is 26.3 Å². The summed E-state index contributed by atoms with van der Waals surface area (Å²) in [5.41, 5.74) is -4.22. The molecule has 7 unspecified atom stereocenters. The van der Waals surface area contributed by atoms with Gasteiger partial charge in [-0.1, -0.05) is 12.2 Å². The minimum atomic E-state index is -5.68. The zero-order chi connectivity index (χ0) is 18.1. The molecule has 0 amide bonds. The molecule has 0 aromatic rings. The molecule has 3 aliphatic rings. The van der Waals surface area contributed by atoms with E-state index in [1.165, 1.54) is 0 Å². The SMILES string of the molecule is CC(OCO)C(C1C(O)C2C3C=CC(C3)C21)(C(F)(F)F)C(F)(F)F. The van der Waals surface area contributed by atoms with Gasteiger partial charge in [0.1, 0.15) is 6.79 Å². The molecule has 3 aliphatic carbocycles. The minimum absolute atomic E-state index is 0.167. The van der Waals surface area contributed by atoms with Crippen molar-refractivity contribution in [2.24, 2.45) is 35.0 Å². The van der Waals surface area contributed by atoms with Crippen molar-refractivity contribution in [1.82, 2.24) is 0 Å². The van der Waals surface area contributed by atoms with Gasteiger partial charge in [0, 0.05) is 5.92 Å². The number of alkyl halides is 6. The molecule has 0 heterocycles. The topological polar surface area (TPSA) is 49.7 Å². The van der Waals surface area contributed by atoms with Crippen LogP contribution in [0.4, 0.5) is 26.3 Å². The van der Waals surface area contributed by atoms with E-state index in [9.17, 15) is 31.4 Å². The van der Waals surface area contributed by atoms with Gasteiger partial charge in [-0.25, -0.2) is 0 Å². The van der Waals surface area contributed by atoms with Crippen LogP contribution in [0.1, 0.15) is 13.3 Å². The zero-order valence-corrected chi connectivity index (χ0v) is 12.7. The Morgan fingerprint density at radius 1 is 1.04 bits per heavy atom. The highest BCUT2D eigenvalue weighted by Crippen LogP contribution is 2.71. The van der Waals surface area contributed by atoms with Crippen molar-refractivity contribution >= 4 is 0 Å². The summed E-state index contributed by atoms with van der Waals surface area (Å²) in [6.45, 7) is -0.613. The smallest absolute Gasteiger partial charge is 0.392 e. The number of ether oxygens (including phenoxy) is 1. The Morgan fingerprint density at radius 3 is 2.00 bits per heavy atom. The van der Waals surface area contributed by atoms with Gasteiger partial charge in [-0.05, 0) is 37.0 Å². The highest BCUT2D eigenvalue weighted by molar-refractivity contribution is 5.25. The highest BCUT2D eigenvalue weighted by atomic mass is 19.4. The van der Waals surface area contributed by atoms with Crippen molar-refractivity contribution in [2.45, 2.75) is 37.9 Å². The minimum Gasteiger partial charge on any atom is -0.392 e. The molecule has 0 aliphatic heterocycles. The van der Waals surface area contributed by atoms with Crippen molar-refractivity contribution in [3.8, 4) is 0 Å². The Bertz CT molecular complexity index is 514. The molecule has 2 N–H and O–H groups in total. The normalized spacial score (nSPS) is 39.7. The molecule has 3 rings (SSSR count). The Morgan fingerprint density at radius 2 is 1.54 bits per heavy atom. The number of hydrogen-bond donors (Lipinski definition) is 2. The van der Waals surface area contributed by atoms with Gasteiger partial charge in [0.05, 0.1) is 12.2 Å². The van der Waals surface area contributed by atoms with Crippen LogP contribution in [-0.2, 0) is 4.74 Å². The first-order chi connectivity index (χ1) is 11.0. The first kappa shape index (κ1) is 18.0. The number of allylic oxidation sites excluding steroid dienone is 2.